The molecule has 7 heteroatoms. The second-order valence-corrected chi connectivity index (χ2v) is 7.11. The lowest BCUT2D eigenvalue weighted by Crippen LogP contribution is -2.41. The Balaban J connectivity index is 2.09. The Bertz CT molecular complexity index is 867. The maximum atomic E-state index is 12.8. The lowest BCUT2D eigenvalue weighted by Gasteiger charge is -2.22. The second kappa shape index (κ2) is 10.7. The van der Waals surface area contributed by atoms with Crippen molar-refractivity contribution < 1.29 is 14.4 Å². The first-order valence-corrected chi connectivity index (χ1v) is 9.89. The van der Waals surface area contributed by atoms with Gasteiger partial charge in [-0.25, -0.2) is 0 Å². The van der Waals surface area contributed by atoms with Crippen molar-refractivity contribution in [3.05, 3.63) is 64.7 Å². The maximum absolute atomic E-state index is 12.8. The fourth-order valence-corrected chi connectivity index (χ4v) is 3.13. The number of benzene rings is 2. The van der Waals surface area contributed by atoms with Crippen LogP contribution in [0, 0.1) is 0 Å². The van der Waals surface area contributed by atoms with Gasteiger partial charge in [-0.1, -0.05) is 41.9 Å². The molecule has 0 atom stereocenters. The van der Waals surface area contributed by atoms with E-state index in [2.05, 4.69) is 5.32 Å². The SMILES string of the molecule is CCN(CC)C(=O)CN(C)CC(=O)Nc1ccc(Cl)cc1C(=O)c1ccccc1. The number of hydrogen-bond donors (Lipinski definition) is 1. The summed E-state index contributed by atoms with van der Waals surface area (Å²) in [6, 6.07) is 13.6. The second-order valence-electron chi connectivity index (χ2n) is 6.67. The number of nitrogens with one attached hydrogen (secondary N) is 1. The molecule has 0 radical (unpaired) electrons. The molecule has 0 aromatic heterocycles. The van der Waals surface area contributed by atoms with Crippen LogP contribution in [0.5, 0.6) is 0 Å². The van der Waals surface area contributed by atoms with Crippen LogP contribution in [0.2, 0.25) is 5.02 Å². The third-order valence-corrected chi connectivity index (χ3v) is 4.71. The van der Waals surface area contributed by atoms with E-state index >= 15 is 0 Å². The highest BCUT2D eigenvalue weighted by Crippen LogP contribution is 2.23. The largest absolute Gasteiger partial charge is 0.342 e. The lowest BCUT2D eigenvalue weighted by atomic mass is 10.0. The molecule has 1 N–H and O–H groups in total. The molecule has 0 unspecified atom stereocenters. The Kier molecular flexibility index (Phi) is 8.36. The zero-order valence-electron chi connectivity index (χ0n) is 16.9. The summed E-state index contributed by atoms with van der Waals surface area (Å²) in [5, 5.41) is 3.17. The zero-order valence-corrected chi connectivity index (χ0v) is 17.7. The smallest absolute Gasteiger partial charge is 0.238 e. The fraction of sp³-hybridized carbons (Fsp3) is 0.318. The number of nitrogens with zero attached hydrogens (tertiary/aromatic N) is 2. The summed E-state index contributed by atoms with van der Waals surface area (Å²) in [5.74, 6) is -0.575. The van der Waals surface area contributed by atoms with Crippen molar-refractivity contribution in [2.45, 2.75) is 13.8 Å². The predicted octanol–water partition coefficient (Wildman–Crippen LogP) is 3.31. The van der Waals surface area contributed by atoms with Gasteiger partial charge in [-0.3, -0.25) is 19.3 Å². The molecule has 0 aliphatic rings. The molecule has 0 aliphatic carbocycles. The minimum Gasteiger partial charge on any atom is -0.342 e. The van der Waals surface area contributed by atoms with Gasteiger partial charge in [0.05, 0.1) is 18.8 Å². The summed E-state index contributed by atoms with van der Waals surface area (Å²) in [4.78, 5) is 40.9. The van der Waals surface area contributed by atoms with Crippen LogP contribution in [0.3, 0.4) is 0 Å². The zero-order chi connectivity index (χ0) is 21.4. The Morgan fingerprint density at radius 3 is 2.24 bits per heavy atom. The van der Waals surface area contributed by atoms with Crippen molar-refractivity contribution >= 4 is 34.9 Å². The van der Waals surface area contributed by atoms with Gasteiger partial charge in [0, 0.05) is 29.2 Å². The van der Waals surface area contributed by atoms with Gasteiger partial charge in [0.2, 0.25) is 11.8 Å². The monoisotopic (exact) mass is 415 g/mol. The molecule has 2 aromatic rings. The van der Waals surface area contributed by atoms with Crippen LogP contribution in [0.1, 0.15) is 29.8 Å². The van der Waals surface area contributed by atoms with Gasteiger partial charge in [-0.15, -0.1) is 0 Å². The van der Waals surface area contributed by atoms with Crippen LogP contribution in [-0.2, 0) is 9.59 Å². The number of likely N-dealkylation sites (N-methyl/N-ethyl adjacent to an activating group) is 2. The number of hydrogen-bond acceptors (Lipinski definition) is 4. The normalized spacial score (nSPS) is 10.7. The van der Waals surface area contributed by atoms with E-state index in [1.165, 1.54) is 0 Å². The van der Waals surface area contributed by atoms with Crippen molar-refractivity contribution in [1.82, 2.24) is 9.80 Å². The van der Waals surface area contributed by atoms with Crippen molar-refractivity contribution in [3.63, 3.8) is 0 Å². The Hall–Kier alpha value is -2.70. The molecule has 0 saturated heterocycles. The van der Waals surface area contributed by atoms with E-state index in [0.29, 0.717) is 34.9 Å². The molecule has 0 spiro atoms. The predicted molar refractivity (Wildman–Crippen MR) is 115 cm³/mol. The van der Waals surface area contributed by atoms with Crippen molar-refractivity contribution in [3.8, 4) is 0 Å². The van der Waals surface area contributed by atoms with E-state index in [0.717, 1.165) is 0 Å². The first-order valence-electron chi connectivity index (χ1n) is 9.51. The standard InChI is InChI=1S/C22H26ClN3O3/c1-4-26(5-2)21(28)15-25(3)14-20(27)24-19-12-11-17(23)13-18(19)22(29)16-9-7-6-8-10-16/h6-13H,4-5,14-15H2,1-3H3,(H,24,27). The number of ketones is 1. The Morgan fingerprint density at radius 2 is 1.62 bits per heavy atom. The molecule has 0 aliphatic heterocycles. The third-order valence-electron chi connectivity index (χ3n) is 4.47. The topological polar surface area (TPSA) is 69.7 Å². The molecule has 2 amide bonds. The summed E-state index contributed by atoms with van der Waals surface area (Å²) in [5.41, 5.74) is 1.21. The summed E-state index contributed by atoms with van der Waals surface area (Å²) in [7, 11) is 1.71. The minimum atomic E-state index is -0.315. The van der Waals surface area contributed by atoms with Gasteiger partial charge < -0.3 is 10.2 Å². The molecule has 0 fully saturated rings. The van der Waals surface area contributed by atoms with Crippen LogP contribution >= 0.6 is 11.6 Å². The molecule has 6 nitrogen and oxygen atoms in total. The summed E-state index contributed by atoms with van der Waals surface area (Å²) in [6.07, 6.45) is 0. The highest BCUT2D eigenvalue weighted by Gasteiger charge is 2.18. The van der Waals surface area contributed by atoms with E-state index in [9.17, 15) is 14.4 Å². The van der Waals surface area contributed by atoms with Crippen LogP contribution in [0.15, 0.2) is 48.5 Å². The fourth-order valence-electron chi connectivity index (χ4n) is 2.96. The molecule has 154 valence electrons. The van der Waals surface area contributed by atoms with Crippen LogP contribution in [0.4, 0.5) is 5.69 Å². The number of carbonyl (C=O) groups excluding carboxylic acids is 3. The summed E-state index contributed by atoms with van der Waals surface area (Å²) in [6.45, 7) is 5.26. The molecule has 0 heterocycles. The highest BCUT2D eigenvalue weighted by atomic mass is 35.5. The van der Waals surface area contributed by atoms with Crippen LogP contribution in [-0.4, -0.2) is 60.6 Å². The van der Waals surface area contributed by atoms with Crippen molar-refractivity contribution in [1.29, 1.82) is 0 Å². The van der Waals surface area contributed by atoms with Crippen molar-refractivity contribution in [2.24, 2.45) is 0 Å². The van der Waals surface area contributed by atoms with E-state index < -0.39 is 0 Å². The average molecular weight is 416 g/mol. The first kappa shape index (κ1) is 22.6. The van der Waals surface area contributed by atoms with Crippen molar-refractivity contribution in [2.75, 3.05) is 38.5 Å². The van der Waals surface area contributed by atoms with E-state index in [4.69, 9.17) is 11.6 Å². The summed E-state index contributed by atoms with van der Waals surface area (Å²) >= 11 is 6.07. The third kappa shape index (κ3) is 6.41. The molecule has 0 saturated carbocycles. The number of anilines is 1. The molecule has 2 aromatic carbocycles. The first-order chi connectivity index (χ1) is 13.8. The van der Waals surface area contributed by atoms with E-state index in [1.807, 2.05) is 19.9 Å². The molecule has 0 bridgehead atoms. The average Bonchev–Trinajstić information content (AvgIpc) is 2.70. The van der Waals surface area contributed by atoms with Crippen LogP contribution in [0.25, 0.3) is 0 Å². The molecular formula is C22H26ClN3O3. The molecule has 2 rings (SSSR count). The maximum Gasteiger partial charge on any atom is 0.238 e. The van der Waals surface area contributed by atoms with Gasteiger partial charge in [0.1, 0.15) is 0 Å². The van der Waals surface area contributed by atoms with Gasteiger partial charge in [-0.05, 0) is 39.1 Å². The van der Waals surface area contributed by atoms with Crippen LogP contribution < -0.4 is 5.32 Å². The highest BCUT2D eigenvalue weighted by molar-refractivity contribution is 6.31. The molecular weight excluding hydrogens is 390 g/mol. The van der Waals surface area contributed by atoms with Gasteiger partial charge in [0.15, 0.2) is 5.78 Å². The summed E-state index contributed by atoms with van der Waals surface area (Å²) < 4.78 is 0. The van der Waals surface area contributed by atoms with E-state index in [1.54, 1.807) is 59.3 Å². The number of carbonyl (C=O) groups is 3. The molecule has 29 heavy (non-hydrogen) atoms. The Morgan fingerprint density at radius 1 is 0.966 bits per heavy atom. The van der Waals surface area contributed by atoms with Gasteiger partial charge in [0.25, 0.3) is 0 Å². The minimum absolute atomic E-state index is 0.0224. The van der Waals surface area contributed by atoms with Gasteiger partial charge >= 0.3 is 0 Å². The quantitative estimate of drug-likeness (QED) is 0.638. The lowest BCUT2D eigenvalue weighted by molar-refractivity contribution is -0.132. The number of rotatable bonds is 9. The number of halogens is 1. The van der Waals surface area contributed by atoms with Gasteiger partial charge in [-0.2, -0.15) is 0 Å². The Labute approximate surface area is 176 Å². The number of amides is 2. The van der Waals surface area contributed by atoms with E-state index in [-0.39, 0.29) is 30.7 Å².